The number of carbonyl (C=O) groups is 1. The van der Waals surface area contributed by atoms with Gasteiger partial charge in [0.1, 0.15) is 0 Å². The molecule has 1 nitrogen and oxygen atoms in total. The van der Waals surface area contributed by atoms with E-state index in [0.29, 0.717) is 35.3 Å². The van der Waals surface area contributed by atoms with Crippen molar-refractivity contribution < 1.29 is 4.79 Å². The average molecular weight is 223 g/mol. The molecule has 0 aromatic carbocycles. The van der Waals surface area contributed by atoms with Gasteiger partial charge in [0.15, 0.2) is 5.78 Å². The highest BCUT2D eigenvalue weighted by atomic mass is 35.5. The van der Waals surface area contributed by atoms with Gasteiger partial charge in [-0.3, -0.25) is 4.79 Å². The van der Waals surface area contributed by atoms with Crippen molar-refractivity contribution in [3.63, 3.8) is 0 Å². The third kappa shape index (κ3) is 1.32. The number of rotatable bonds is 3. The Morgan fingerprint density at radius 3 is 2.87 bits per heavy atom. The van der Waals surface area contributed by atoms with Crippen LogP contribution in [-0.4, -0.2) is 11.7 Å². The predicted molar refractivity (Wildman–Crippen MR) is 60.8 cm³/mol. The molecule has 3 rings (SSSR count). The Labute approximate surface area is 95.2 Å². The lowest BCUT2D eigenvalue weighted by Crippen LogP contribution is -2.21. The number of halogens is 1. The number of fused-ring (bicyclic) bond motifs is 5. The van der Waals surface area contributed by atoms with Gasteiger partial charge in [-0.15, -0.1) is 11.6 Å². The smallest absolute Gasteiger partial charge is 0.162 e. The van der Waals surface area contributed by atoms with E-state index in [0.717, 1.165) is 18.4 Å². The summed E-state index contributed by atoms with van der Waals surface area (Å²) in [5.41, 5.74) is 1.06. The molecule has 0 unspecified atom stereocenters. The summed E-state index contributed by atoms with van der Waals surface area (Å²) in [6.07, 6.45) is 9.83. The molecule has 15 heavy (non-hydrogen) atoms. The van der Waals surface area contributed by atoms with E-state index >= 15 is 0 Å². The Morgan fingerprint density at radius 1 is 1.33 bits per heavy atom. The molecule has 3 aliphatic carbocycles. The maximum absolute atomic E-state index is 12.1. The first kappa shape index (κ1) is 9.65. The van der Waals surface area contributed by atoms with Gasteiger partial charge in [0, 0.05) is 11.8 Å². The first-order valence-electron chi connectivity index (χ1n) is 5.80. The Balaban J connectivity index is 1.80. The summed E-state index contributed by atoms with van der Waals surface area (Å²) in [5, 5.41) is 0. The number of allylic oxidation sites excluding steroid dienone is 4. The Kier molecular flexibility index (Phi) is 2.24. The lowest BCUT2D eigenvalue weighted by Gasteiger charge is -2.17. The summed E-state index contributed by atoms with van der Waals surface area (Å²) >= 11 is 5.67. The molecule has 1 saturated carbocycles. The van der Waals surface area contributed by atoms with E-state index in [2.05, 4.69) is 18.2 Å². The van der Waals surface area contributed by atoms with Gasteiger partial charge in [-0.1, -0.05) is 18.2 Å². The number of alkyl halides is 1. The van der Waals surface area contributed by atoms with Gasteiger partial charge in [-0.05, 0) is 42.6 Å². The maximum atomic E-state index is 12.1. The molecule has 2 bridgehead atoms. The normalized spacial score (nSPS) is 41.1. The fraction of sp³-hybridized carbons (Fsp3) is 0.615. The van der Waals surface area contributed by atoms with E-state index in [1.54, 1.807) is 0 Å². The molecular weight excluding hydrogens is 208 g/mol. The second kappa shape index (κ2) is 3.48. The number of hydrogen-bond acceptors (Lipinski definition) is 1. The standard InChI is InChI=1S/C13H15ClO/c14-5-1-2-10-7-11-8-3-4-9(6-8)12(11)13(10)15/h3-4,7-9,11-12H,1-2,5-6H2/t8-,9+,11+,12-/m1/s1. The van der Waals surface area contributed by atoms with Crippen molar-refractivity contribution in [3.8, 4) is 0 Å². The molecule has 2 heteroatoms. The quantitative estimate of drug-likeness (QED) is 0.530. The molecule has 0 amide bonds. The second-order valence-electron chi connectivity index (χ2n) is 4.90. The van der Waals surface area contributed by atoms with Gasteiger partial charge >= 0.3 is 0 Å². The minimum atomic E-state index is 0.297. The van der Waals surface area contributed by atoms with Crippen molar-refractivity contribution in [3.05, 3.63) is 23.8 Å². The Bertz CT molecular complexity index is 356. The van der Waals surface area contributed by atoms with Gasteiger partial charge in [0.2, 0.25) is 0 Å². The summed E-state index contributed by atoms with van der Waals surface area (Å²) in [7, 11) is 0. The highest BCUT2D eigenvalue weighted by molar-refractivity contribution is 6.17. The van der Waals surface area contributed by atoms with Crippen molar-refractivity contribution in [1.82, 2.24) is 0 Å². The summed E-state index contributed by atoms with van der Waals surface area (Å²) in [5.74, 6) is 3.09. The van der Waals surface area contributed by atoms with Crippen LogP contribution in [-0.2, 0) is 4.79 Å². The van der Waals surface area contributed by atoms with Gasteiger partial charge in [0.25, 0.3) is 0 Å². The monoisotopic (exact) mass is 222 g/mol. The number of hydrogen-bond donors (Lipinski definition) is 0. The van der Waals surface area contributed by atoms with Gasteiger partial charge < -0.3 is 0 Å². The molecule has 0 N–H and O–H groups in total. The van der Waals surface area contributed by atoms with E-state index in [4.69, 9.17) is 11.6 Å². The lowest BCUT2D eigenvalue weighted by atomic mass is 9.85. The zero-order valence-corrected chi connectivity index (χ0v) is 9.41. The van der Waals surface area contributed by atoms with Crippen LogP contribution in [0.2, 0.25) is 0 Å². The van der Waals surface area contributed by atoms with E-state index < -0.39 is 0 Å². The molecule has 80 valence electrons. The van der Waals surface area contributed by atoms with Gasteiger partial charge in [-0.2, -0.15) is 0 Å². The number of carbonyl (C=O) groups excluding carboxylic acids is 1. The maximum Gasteiger partial charge on any atom is 0.162 e. The Hall–Kier alpha value is -0.560. The Morgan fingerprint density at radius 2 is 2.13 bits per heavy atom. The molecule has 0 radical (unpaired) electrons. The first-order chi connectivity index (χ1) is 7.31. The first-order valence-corrected chi connectivity index (χ1v) is 6.34. The highest BCUT2D eigenvalue weighted by Gasteiger charge is 2.50. The lowest BCUT2D eigenvalue weighted by molar-refractivity contribution is -0.119. The van der Waals surface area contributed by atoms with Crippen LogP contribution in [0.3, 0.4) is 0 Å². The third-order valence-electron chi connectivity index (χ3n) is 4.11. The van der Waals surface area contributed by atoms with E-state index in [9.17, 15) is 4.79 Å². The van der Waals surface area contributed by atoms with Crippen LogP contribution in [0.5, 0.6) is 0 Å². The zero-order chi connectivity index (χ0) is 10.4. The van der Waals surface area contributed by atoms with Crippen molar-refractivity contribution in [2.45, 2.75) is 19.3 Å². The van der Waals surface area contributed by atoms with Crippen LogP contribution in [0.4, 0.5) is 0 Å². The van der Waals surface area contributed by atoms with E-state index in [1.165, 1.54) is 6.42 Å². The predicted octanol–water partition coefficient (Wildman–Crippen LogP) is 2.95. The van der Waals surface area contributed by atoms with Crippen molar-refractivity contribution >= 4 is 17.4 Å². The average Bonchev–Trinajstić information content (AvgIpc) is 2.88. The third-order valence-corrected chi connectivity index (χ3v) is 4.38. The van der Waals surface area contributed by atoms with Crippen LogP contribution in [0.15, 0.2) is 23.8 Å². The minimum Gasteiger partial charge on any atom is -0.294 e. The van der Waals surface area contributed by atoms with Crippen LogP contribution in [0.1, 0.15) is 19.3 Å². The van der Waals surface area contributed by atoms with Crippen molar-refractivity contribution in [2.75, 3.05) is 5.88 Å². The molecule has 4 atom stereocenters. The van der Waals surface area contributed by atoms with Crippen molar-refractivity contribution in [1.29, 1.82) is 0 Å². The van der Waals surface area contributed by atoms with Gasteiger partial charge in [0.05, 0.1) is 0 Å². The second-order valence-corrected chi connectivity index (χ2v) is 5.28. The number of ketones is 1. The van der Waals surface area contributed by atoms with E-state index in [1.807, 2.05) is 0 Å². The van der Waals surface area contributed by atoms with Crippen molar-refractivity contribution in [2.24, 2.45) is 23.7 Å². The summed E-state index contributed by atoms with van der Waals surface area (Å²) in [4.78, 5) is 12.1. The topological polar surface area (TPSA) is 17.1 Å². The van der Waals surface area contributed by atoms with Crippen LogP contribution in [0, 0.1) is 23.7 Å². The van der Waals surface area contributed by atoms with E-state index in [-0.39, 0.29) is 0 Å². The molecular formula is C13H15ClO. The molecule has 3 aliphatic rings. The fourth-order valence-corrected chi connectivity index (χ4v) is 3.58. The number of Topliss-reactive ketones (excluding diaryl/α,β-unsaturated/α-hetero) is 1. The molecule has 0 heterocycles. The molecule has 0 spiro atoms. The van der Waals surface area contributed by atoms with Gasteiger partial charge in [-0.25, -0.2) is 0 Å². The zero-order valence-electron chi connectivity index (χ0n) is 8.66. The molecule has 0 aromatic rings. The minimum absolute atomic E-state index is 0.297. The SMILES string of the molecule is O=C1C(CCCCl)=C[C@@H]2[C@H]1[C@H]1C=C[C@@H]2C1. The molecule has 0 saturated heterocycles. The van der Waals surface area contributed by atoms with Crippen LogP contribution in [0.25, 0.3) is 0 Å². The van der Waals surface area contributed by atoms with Crippen LogP contribution < -0.4 is 0 Å². The molecule has 1 fully saturated rings. The summed E-state index contributed by atoms with van der Waals surface area (Å²) < 4.78 is 0. The summed E-state index contributed by atoms with van der Waals surface area (Å²) in [6.45, 7) is 0. The largest absolute Gasteiger partial charge is 0.294 e. The highest BCUT2D eigenvalue weighted by Crippen LogP contribution is 2.53. The van der Waals surface area contributed by atoms with Crippen LogP contribution >= 0.6 is 11.6 Å². The fourth-order valence-electron chi connectivity index (χ4n) is 3.45. The molecule has 0 aromatic heterocycles. The molecule has 0 aliphatic heterocycles. The summed E-state index contributed by atoms with van der Waals surface area (Å²) in [6, 6.07) is 0.